The lowest BCUT2D eigenvalue weighted by atomic mass is 10.5. The summed E-state index contributed by atoms with van der Waals surface area (Å²) in [7, 11) is -1.79. The highest BCUT2D eigenvalue weighted by atomic mass is 28.4. The molecular weight excluding hydrogens is 332 g/mol. The second kappa shape index (κ2) is 17.6. The molecule has 0 saturated carbocycles. The Morgan fingerprint density at radius 2 is 1.00 bits per heavy atom. The van der Waals surface area contributed by atoms with Gasteiger partial charge in [-0.2, -0.15) is 0 Å². The third-order valence-corrected chi connectivity index (χ3v) is 8.53. The number of hydrogen-bond acceptors (Lipinski definition) is 4. The van der Waals surface area contributed by atoms with Gasteiger partial charge < -0.3 is 18.6 Å². The van der Waals surface area contributed by atoms with Crippen LogP contribution in [0.3, 0.4) is 0 Å². The first-order chi connectivity index (χ1) is 12.2. The predicted molar refractivity (Wildman–Crippen MR) is 108 cm³/mol. The van der Waals surface area contributed by atoms with Crippen LogP contribution in [0.1, 0.15) is 47.0 Å². The molecule has 0 unspecified atom stereocenters. The summed E-state index contributed by atoms with van der Waals surface area (Å²) in [6.45, 7) is 11.1. The summed E-state index contributed by atoms with van der Waals surface area (Å²) in [4.78, 5) is 0. The molecule has 0 aliphatic rings. The highest BCUT2D eigenvalue weighted by Gasteiger charge is 2.33. The maximum absolute atomic E-state index is 6.37. The molecule has 0 aliphatic carbocycles. The van der Waals surface area contributed by atoms with Gasteiger partial charge in [0.1, 0.15) is 0 Å². The Labute approximate surface area is 156 Å². The molecule has 0 bridgehead atoms. The van der Waals surface area contributed by atoms with Crippen LogP contribution in [0.5, 0.6) is 0 Å². The van der Waals surface area contributed by atoms with Gasteiger partial charge >= 0.3 is 0 Å². The highest BCUT2D eigenvalue weighted by molar-refractivity contribution is 6.73. The zero-order chi connectivity index (χ0) is 18.6. The van der Waals surface area contributed by atoms with Crippen molar-refractivity contribution in [1.29, 1.82) is 0 Å². The fourth-order valence-corrected chi connectivity index (χ4v) is 6.98. The molecule has 0 saturated heterocycles. The summed E-state index contributed by atoms with van der Waals surface area (Å²) in [6.07, 6.45) is 14.2. The quantitative estimate of drug-likeness (QED) is 0.184. The van der Waals surface area contributed by atoms with E-state index in [1.807, 2.05) is 39.0 Å². The van der Waals surface area contributed by atoms with Gasteiger partial charge in [0, 0.05) is 6.61 Å². The molecule has 0 fully saturated rings. The summed E-state index contributed by atoms with van der Waals surface area (Å²) in [6, 6.07) is 3.39. The Hall–Kier alpha value is -1.20. The molecule has 0 aromatic rings. The SMILES string of the molecule is CC=COCCC[Si](CCCOC=CC)(CCCOC=CC)OCC. The van der Waals surface area contributed by atoms with Crippen molar-refractivity contribution in [3.05, 3.63) is 37.0 Å². The molecule has 0 aliphatic heterocycles. The molecule has 0 N–H and O–H groups in total. The van der Waals surface area contributed by atoms with Crippen molar-refractivity contribution in [3.63, 3.8) is 0 Å². The third-order valence-electron chi connectivity index (χ3n) is 3.83. The molecule has 0 rings (SSSR count). The molecule has 25 heavy (non-hydrogen) atoms. The fraction of sp³-hybridized carbons (Fsp3) is 0.700. The van der Waals surface area contributed by atoms with Crippen molar-refractivity contribution >= 4 is 8.32 Å². The Morgan fingerprint density at radius 1 is 0.640 bits per heavy atom. The van der Waals surface area contributed by atoms with Crippen LogP contribution >= 0.6 is 0 Å². The van der Waals surface area contributed by atoms with E-state index in [0.717, 1.165) is 63.8 Å². The maximum Gasteiger partial charge on any atom is 0.193 e. The zero-order valence-electron chi connectivity index (χ0n) is 16.7. The monoisotopic (exact) mass is 370 g/mol. The van der Waals surface area contributed by atoms with E-state index in [-0.39, 0.29) is 0 Å². The first-order valence-corrected chi connectivity index (χ1v) is 12.1. The minimum Gasteiger partial charge on any atom is -0.502 e. The van der Waals surface area contributed by atoms with E-state index in [9.17, 15) is 0 Å². The lowest BCUT2D eigenvalue weighted by Gasteiger charge is -2.31. The molecule has 146 valence electrons. The highest BCUT2D eigenvalue weighted by Crippen LogP contribution is 2.28. The Kier molecular flexibility index (Phi) is 16.8. The van der Waals surface area contributed by atoms with E-state index >= 15 is 0 Å². The maximum atomic E-state index is 6.37. The van der Waals surface area contributed by atoms with Crippen molar-refractivity contribution in [1.82, 2.24) is 0 Å². The largest absolute Gasteiger partial charge is 0.502 e. The van der Waals surface area contributed by atoms with Crippen molar-refractivity contribution in [2.75, 3.05) is 26.4 Å². The standard InChI is InChI=1S/C20H38O4Si/c1-5-12-21-15-9-18-25(24-8-4,19-10-16-22-13-6-2)20-11-17-23-14-7-3/h5-7,12-14H,8-11,15-20H2,1-4H3. The summed E-state index contributed by atoms with van der Waals surface area (Å²) >= 11 is 0. The Morgan fingerprint density at radius 3 is 1.28 bits per heavy atom. The van der Waals surface area contributed by atoms with Crippen molar-refractivity contribution in [2.45, 2.75) is 65.1 Å². The van der Waals surface area contributed by atoms with Gasteiger partial charge in [0.15, 0.2) is 8.32 Å². The zero-order valence-corrected chi connectivity index (χ0v) is 17.7. The molecule has 0 amide bonds. The van der Waals surface area contributed by atoms with Gasteiger partial charge in [-0.3, -0.25) is 0 Å². The summed E-state index contributed by atoms with van der Waals surface area (Å²) in [5.41, 5.74) is 0. The van der Waals surface area contributed by atoms with Crippen LogP contribution in [-0.2, 0) is 18.6 Å². The second-order valence-corrected chi connectivity index (χ2v) is 10.1. The van der Waals surface area contributed by atoms with Gasteiger partial charge in [0.05, 0.1) is 38.6 Å². The second-order valence-electron chi connectivity index (χ2n) is 5.95. The van der Waals surface area contributed by atoms with Crippen LogP contribution in [0.25, 0.3) is 0 Å². The first-order valence-electron chi connectivity index (χ1n) is 9.57. The molecule has 5 heteroatoms. The summed E-state index contributed by atoms with van der Waals surface area (Å²) < 4.78 is 22.8. The van der Waals surface area contributed by atoms with Crippen LogP contribution in [0, 0.1) is 0 Å². The Balaban J connectivity index is 4.54. The van der Waals surface area contributed by atoms with Crippen LogP contribution in [0.2, 0.25) is 18.1 Å². The van der Waals surface area contributed by atoms with Crippen LogP contribution < -0.4 is 0 Å². The van der Waals surface area contributed by atoms with Crippen molar-refractivity contribution < 1.29 is 18.6 Å². The lowest BCUT2D eigenvalue weighted by molar-refractivity contribution is 0.232. The summed E-state index contributed by atoms with van der Waals surface area (Å²) in [5, 5.41) is 0. The van der Waals surface area contributed by atoms with Crippen LogP contribution in [-0.4, -0.2) is 34.7 Å². The molecule has 0 radical (unpaired) electrons. The van der Waals surface area contributed by atoms with Gasteiger partial charge in [-0.15, -0.1) is 0 Å². The minimum atomic E-state index is -1.79. The predicted octanol–water partition coefficient (Wildman–Crippen LogP) is 5.79. The topological polar surface area (TPSA) is 36.9 Å². The molecular formula is C20H38O4Si. The van der Waals surface area contributed by atoms with E-state index in [1.165, 1.54) is 0 Å². The lowest BCUT2D eigenvalue weighted by Crippen LogP contribution is -2.39. The third kappa shape index (κ3) is 13.7. The van der Waals surface area contributed by atoms with Gasteiger partial charge in [0.25, 0.3) is 0 Å². The smallest absolute Gasteiger partial charge is 0.193 e. The number of allylic oxidation sites excluding steroid dienone is 3. The van der Waals surface area contributed by atoms with Crippen molar-refractivity contribution in [2.24, 2.45) is 0 Å². The minimum absolute atomic E-state index is 0.760. The van der Waals surface area contributed by atoms with Crippen molar-refractivity contribution in [3.8, 4) is 0 Å². The van der Waals surface area contributed by atoms with E-state index in [4.69, 9.17) is 18.6 Å². The molecule has 0 aromatic carbocycles. The Bertz CT molecular complexity index is 316. The van der Waals surface area contributed by atoms with Gasteiger partial charge in [-0.05, 0) is 65.1 Å². The van der Waals surface area contributed by atoms with Gasteiger partial charge in [0.2, 0.25) is 0 Å². The van der Waals surface area contributed by atoms with E-state index in [1.54, 1.807) is 18.8 Å². The average Bonchev–Trinajstić information content (AvgIpc) is 2.61. The van der Waals surface area contributed by atoms with E-state index < -0.39 is 8.32 Å². The van der Waals surface area contributed by atoms with Crippen LogP contribution in [0.4, 0.5) is 0 Å². The van der Waals surface area contributed by atoms with E-state index in [2.05, 4.69) is 6.92 Å². The normalized spacial score (nSPS) is 14.4. The first kappa shape index (κ1) is 23.8. The fourth-order valence-electron chi connectivity index (χ4n) is 2.82. The molecule has 0 spiro atoms. The van der Waals surface area contributed by atoms with E-state index in [0.29, 0.717) is 0 Å². The molecule has 4 nitrogen and oxygen atoms in total. The average molecular weight is 371 g/mol. The number of ether oxygens (including phenoxy) is 3. The van der Waals surface area contributed by atoms with Gasteiger partial charge in [-0.1, -0.05) is 18.2 Å². The van der Waals surface area contributed by atoms with Gasteiger partial charge in [-0.25, -0.2) is 0 Å². The molecule has 0 aromatic heterocycles. The van der Waals surface area contributed by atoms with Crippen LogP contribution in [0.15, 0.2) is 37.0 Å². The molecule has 0 atom stereocenters. The summed E-state index contributed by atoms with van der Waals surface area (Å²) in [5.74, 6) is 0. The number of hydrogen-bond donors (Lipinski definition) is 0. The molecule has 0 heterocycles. The number of rotatable bonds is 17.